The third-order valence-corrected chi connectivity index (χ3v) is 2.98. The van der Waals surface area contributed by atoms with Crippen molar-refractivity contribution in [1.29, 1.82) is 0 Å². The first kappa shape index (κ1) is 20.7. The highest BCUT2D eigenvalue weighted by molar-refractivity contribution is 6.20. The fourth-order valence-electron chi connectivity index (χ4n) is 1.89. The van der Waals surface area contributed by atoms with Gasteiger partial charge >= 0.3 is 0 Å². The number of nitrogens with zero attached hydrogens (tertiary/aromatic N) is 2. The van der Waals surface area contributed by atoms with Crippen molar-refractivity contribution in [3.05, 3.63) is 0 Å². The van der Waals surface area contributed by atoms with E-state index in [1.54, 1.807) is 4.90 Å². The van der Waals surface area contributed by atoms with Crippen LogP contribution in [0.15, 0.2) is 0 Å². The van der Waals surface area contributed by atoms with Crippen LogP contribution in [0.1, 0.15) is 6.92 Å². The van der Waals surface area contributed by atoms with Gasteiger partial charge < -0.3 is 20.9 Å². The van der Waals surface area contributed by atoms with E-state index in [0.29, 0.717) is 39.3 Å². The molecule has 0 aliphatic carbocycles. The average Bonchev–Trinajstić information content (AvgIpc) is 2.50. The lowest BCUT2D eigenvalue weighted by molar-refractivity contribution is -0.132. The molecule has 0 bridgehead atoms. The molecule has 0 aromatic carbocycles. The molecular formula is C13H24B2N4O3. The fraction of sp³-hybridized carbons (Fsp3) is 0.769. The molecule has 0 aromatic rings. The van der Waals surface area contributed by atoms with Crippen molar-refractivity contribution in [2.45, 2.75) is 19.6 Å². The summed E-state index contributed by atoms with van der Waals surface area (Å²) in [5.74, 6) is -0.506. The first-order valence-corrected chi connectivity index (χ1v) is 7.32. The van der Waals surface area contributed by atoms with Crippen LogP contribution < -0.4 is 11.1 Å². The van der Waals surface area contributed by atoms with Gasteiger partial charge in [0, 0.05) is 39.3 Å². The number of hydrogen-bond acceptors (Lipinski definition) is 5. The zero-order valence-electron chi connectivity index (χ0n) is 13.2. The quantitative estimate of drug-likeness (QED) is 0.320. The van der Waals surface area contributed by atoms with Crippen molar-refractivity contribution in [3.63, 3.8) is 0 Å². The van der Waals surface area contributed by atoms with Crippen LogP contribution in [0.2, 0.25) is 12.6 Å². The number of nitrogens with two attached hydrogens (primary N) is 1. The number of rotatable bonds is 12. The summed E-state index contributed by atoms with van der Waals surface area (Å²) in [6, 6.07) is 0. The predicted octanol–water partition coefficient (Wildman–Crippen LogP) is -2.05. The van der Waals surface area contributed by atoms with Crippen LogP contribution in [0.5, 0.6) is 0 Å². The van der Waals surface area contributed by atoms with E-state index in [4.69, 9.17) is 21.4 Å². The zero-order valence-corrected chi connectivity index (χ0v) is 13.2. The van der Waals surface area contributed by atoms with Crippen LogP contribution in [0.4, 0.5) is 0 Å². The molecule has 7 nitrogen and oxygen atoms in total. The number of Topliss-reactive ketones (excluding diaryl/α,β-unsaturated/α-hetero) is 1. The van der Waals surface area contributed by atoms with Gasteiger partial charge in [-0.25, -0.2) is 0 Å². The second-order valence-corrected chi connectivity index (χ2v) is 4.85. The molecule has 3 N–H and O–H groups in total. The highest BCUT2D eigenvalue weighted by atomic mass is 16.2. The summed E-state index contributed by atoms with van der Waals surface area (Å²) in [6.07, 6.45) is -0.167. The predicted molar refractivity (Wildman–Crippen MR) is 86.9 cm³/mol. The standard InChI is InChI=1S/C13H24B2N4O3/c1-11(20)10-19(13(22)9-15)7-4-17-3-6-18(5-2-16)12(21)8-14/h17H,2-10,16H2,1H3. The van der Waals surface area contributed by atoms with Crippen molar-refractivity contribution in [2.75, 3.05) is 45.8 Å². The van der Waals surface area contributed by atoms with Gasteiger partial charge in [0.2, 0.25) is 11.8 Å². The monoisotopic (exact) mass is 306 g/mol. The van der Waals surface area contributed by atoms with Crippen LogP contribution >= 0.6 is 0 Å². The normalized spacial score (nSPS) is 10.3. The smallest absolute Gasteiger partial charge is 0.214 e. The van der Waals surface area contributed by atoms with Gasteiger partial charge in [-0.05, 0) is 19.6 Å². The van der Waals surface area contributed by atoms with E-state index in [1.165, 1.54) is 11.8 Å². The Hall–Kier alpha value is -1.34. The lowest BCUT2D eigenvalue weighted by Gasteiger charge is -2.23. The van der Waals surface area contributed by atoms with Gasteiger partial charge in [-0.3, -0.25) is 14.4 Å². The van der Waals surface area contributed by atoms with Gasteiger partial charge in [-0.2, -0.15) is 0 Å². The SMILES string of the molecule is [B]CC(=O)N(CCN)CCNCCN(CC(C)=O)C(=O)C[B]. The number of carbonyl (C=O) groups excluding carboxylic acids is 3. The van der Waals surface area contributed by atoms with Gasteiger partial charge in [0.1, 0.15) is 5.78 Å². The van der Waals surface area contributed by atoms with Gasteiger partial charge in [0.25, 0.3) is 0 Å². The molecule has 0 heterocycles. The molecular weight excluding hydrogens is 282 g/mol. The first-order valence-electron chi connectivity index (χ1n) is 7.32. The Morgan fingerprint density at radius 3 is 1.91 bits per heavy atom. The molecule has 4 radical (unpaired) electrons. The lowest BCUT2D eigenvalue weighted by Crippen LogP contribution is -2.42. The minimum Gasteiger partial charge on any atom is -0.341 e. The molecule has 0 saturated carbocycles. The van der Waals surface area contributed by atoms with Gasteiger partial charge in [-0.15, -0.1) is 0 Å². The molecule has 0 unspecified atom stereocenters. The third-order valence-electron chi connectivity index (χ3n) is 2.98. The Labute approximate surface area is 134 Å². The summed E-state index contributed by atoms with van der Waals surface area (Å²) >= 11 is 0. The molecule has 2 amide bonds. The minimum absolute atomic E-state index is 0.0443. The van der Waals surface area contributed by atoms with E-state index in [2.05, 4.69) is 5.32 Å². The topological polar surface area (TPSA) is 95.7 Å². The first-order chi connectivity index (χ1) is 10.5. The maximum absolute atomic E-state index is 11.6. The van der Waals surface area contributed by atoms with Crippen LogP contribution in [0.3, 0.4) is 0 Å². The van der Waals surface area contributed by atoms with Crippen LogP contribution in [-0.2, 0) is 14.4 Å². The van der Waals surface area contributed by atoms with E-state index in [9.17, 15) is 14.4 Å². The molecule has 0 aliphatic heterocycles. The van der Waals surface area contributed by atoms with Gasteiger partial charge in [0.05, 0.1) is 22.2 Å². The zero-order chi connectivity index (χ0) is 17.0. The average molecular weight is 306 g/mol. The number of carbonyl (C=O) groups is 3. The summed E-state index contributed by atoms with van der Waals surface area (Å²) in [6.45, 7) is 4.25. The van der Waals surface area contributed by atoms with Crippen molar-refractivity contribution in [3.8, 4) is 0 Å². The molecule has 9 heteroatoms. The number of ketones is 1. The molecule has 22 heavy (non-hydrogen) atoms. The maximum Gasteiger partial charge on any atom is 0.214 e. The maximum atomic E-state index is 11.6. The van der Waals surface area contributed by atoms with Crippen LogP contribution in [0, 0.1) is 0 Å². The Bertz CT molecular complexity index is 369. The molecule has 0 aliphatic rings. The molecule has 0 atom stereocenters. The largest absolute Gasteiger partial charge is 0.341 e. The molecule has 0 rings (SSSR count). The Balaban J connectivity index is 4.08. The van der Waals surface area contributed by atoms with E-state index >= 15 is 0 Å². The Morgan fingerprint density at radius 1 is 0.955 bits per heavy atom. The molecule has 0 saturated heterocycles. The highest BCUT2D eigenvalue weighted by Gasteiger charge is 2.13. The number of amides is 2. The summed E-state index contributed by atoms with van der Waals surface area (Å²) in [7, 11) is 10.6. The summed E-state index contributed by atoms with van der Waals surface area (Å²) in [5.41, 5.74) is 5.44. The van der Waals surface area contributed by atoms with Crippen molar-refractivity contribution in [1.82, 2.24) is 15.1 Å². The van der Waals surface area contributed by atoms with E-state index < -0.39 is 0 Å². The van der Waals surface area contributed by atoms with E-state index in [1.807, 2.05) is 0 Å². The summed E-state index contributed by atoms with van der Waals surface area (Å²) in [5, 5.41) is 3.11. The Kier molecular flexibility index (Phi) is 11.5. The van der Waals surface area contributed by atoms with Crippen molar-refractivity contribution in [2.24, 2.45) is 5.73 Å². The molecule has 120 valence electrons. The van der Waals surface area contributed by atoms with Crippen molar-refractivity contribution >= 4 is 33.3 Å². The Morgan fingerprint density at radius 2 is 1.45 bits per heavy atom. The van der Waals surface area contributed by atoms with E-state index in [-0.39, 0.29) is 36.8 Å². The summed E-state index contributed by atoms with van der Waals surface area (Å²) < 4.78 is 0. The molecule has 0 spiro atoms. The van der Waals surface area contributed by atoms with Crippen LogP contribution in [0.25, 0.3) is 0 Å². The highest BCUT2D eigenvalue weighted by Crippen LogP contribution is 1.94. The van der Waals surface area contributed by atoms with Crippen LogP contribution in [-0.4, -0.2) is 88.9 Å². The second kappa shape index (κ2) is 12.2. The number of hydrogen-bond donors (Lipinski definition) is 2. The third kappa shape index (κ3) is 8.84. The van der Waals surface area contributed by atoms with Crippen molar-refractivity contribution < 1.29 is 14.4 Å². The minimum atomic E-state index is -0.264. The van der Waals surface area contributed by atoms with Gasteiger partial charge in [-0.1, -0.05) is 0 Å². The summed E-state index contributed by atoms with van der Waals surface area (Å²) in [4.78, 5) is 37.2. The fourth-order valence-corrected chi connectivity index (χ4v) is 1.89. The van der Waals surface area contributed by atoms with E-state index in [0.717, 1.165) is 0 Å². The van der Waals surface area contributed by atoms with Gasteiger partial charge in [0.15, 0.2) is 0 Å². The molecule has 0 aromatic heterocycles. The lowest BCUT2D eigenvalue weighted by atomic mass is 10.0. The second-order valence-electron chi connectivity index (χ2n) is 4.85. The number of nitrogens with one attached hydrogen (secondary N) is 1. The molecule has 0 fully saturated rings.